The van der Waals surface area contributed by atoms with Gasteiger partial charge >= 0.3 is 0 Å². The molecule has 0 saturated carbocycles. The molecule has 1 fully saturated rings. The molecule has 1 aliphatic rings. The molecule has 0 aliphatic carbocycles. The molecule has 5 nitrogen and oxygen atoms in total. The molecule has 0 radical (unpaired) electrons. The summed E-state index contributed by atoms with van der Waals surface area (Å²) in [4.78, 5) is 19.1. The molecule has 2 aromatic heterocycles. The molecular formula is C13H17Cl2N3O2S. The van der Waals surface area contributed by atoms with E-state index in [0.717, 1.165) is 24.5 Å². The van der Waals surface area contributed by atoms with Crippen molar-refractivity contribution < 1.29 is 9.21 Å². The fourth-order valence-corrected chi connectivity index (χ4v) is 3.10. The molecule has 2 aromatic rings. The molecule has 116 valence electrons. The fraction of sp³-hybridized carbons (Fsp3) is 0.385. The Morgan fingerprint density at radius 3 is 2.95 bits per heavy atom. The van der Waals surface area contributed by atoms with Crippen LogP contribution in [0.4, 0.5) is 0 Å². The zero-order valence-corrected chi connectivity index (χ0v) is 13.7. The number of likely N-dealkylation sites (tertiary alicyclic amines) is 1. The van der Waals surface area contributed by atoms with Crippen molar-refractivity contribution in [3.8, 4) is 10.8 Å². The molecule has 3 heterocycles. The molecule has 8 heteroatoms. The molecular weight excluding hydrogens is 333 g/mol. The minimum absolute atomic E-state index is 0. The van der Waals surface area contributed by atoms with Gasteiger partial charge in [0.2, 0.25) is 0 Å². The predicted molar refractivity (Wildman–Crippen MR) is 87.4 cm³/mol. The number of nitrogens with two attached hydrogens (primary N) is 1. The van der Waals surface area contributed by atoms with Crippen LogP contribution < -0.4 is 5.73 Å². The van der Waals surface area contributed by atoms with Crippen LogP contribution >= 0.6 is 36.2 Å². The van der Waals surface area contributed by atoms with E-state index in [0.29, 0.717) is 23.1 Å². The number of carbonyl (C=O) groups excluding carboxylic acids is 1. The van der Waals surface area contributed by atoms with Crippen molar-refractivity contribution in [1.29, 1.82) is 0 Å². The SMILES string of the molecule is Cl.Cl.NCC1CCN(C(=O)c2cnc(-c3ccco3)s2)C1. The Kier molecular flexibility index (Phi) is 6.67. The summed E-state index contributed by atoms with van der Waals surface area (Å²) in [6.45, 7) is 2.18. The second kappa shape index (κ2) is 7.79. The second-order valence-electron chi connectivity index (χ2n) is 4.65. The summed E-state index contributed by atoms with van der Waals surface area (Å²) in [7, 11) is 0. The highest BCUT2D eigenvalue weighted by Crippen LogP contribution is 2.27. The first-order chi connectivity index (χ1) is 9.28. The number of amides is 1. The maximum Gasteiger partial charge on any atom is 0.265 e. The first kappa shape index (κ1) is 18.0. The number of carbonyl (C=O) groups is 1. The van der Waals surface area contributed by atoms with E-state index < -0.39 is 0 Å². The zero-order valence-electron chi connectivity index (χ0n) is 11.2. The monoisotopic (exact) mass is 349 g/mol. The van der Waals surface area contributed by atoms with Gasteiger partial charge in [0.1, 0.15) is 4.88 Å². The van der Waals surface area contributed by atoms with E-state index >= 15 is 0 Å². The van der Waals surface area contributed by atoms with Crippen LogP contribution in [0.1, 0.15) is 16.1 Å². The number of aromatic nitrogens is 1. The van der Waals surface area contributed by atoms with Gasteiger partial charge in [-0.3, -0.25) is 4.79 Å². The minimum atomic E-state index is 0. The quantitative estimate of drug-likeness (QED) is 0.924. The minimum Gasteiger partial charge on any atom is -0.462 e. The van der Waals surface area contributed by atoms with Gasteiger partial charge in [0.05, 0.1) is 12.5 Å². The van der Waals surface area contributed by atoms with Crippen LogP contribution in [0.15, 0.2) is 29.0 Å². The lowest BCUT2D eigenvalue weighted by Gasteiger charge is -2.14. The highest BCUT2D eigenvalue weighted by Gasteiger charge is 2.27. The number of rotatable bonds is 3. The zero-order chi connectivity index (χ0) is 13.2. The summed E-state index contributed by atoms with van der Waals surface area (Å²) in [5, 5.41) is 0.739. The van der Waals surface area contributed by atoms with Gasteiger partial charge < -0.3 is 15.1 Å². The van der Waals surface area contributed by atoms with Crippen molar-refractivity contribution in [2.24, 2.45) is 11.7 Å². The molecule has 3 rings (SSSR count). The molecule has 2 N–H and O–H groups in total. The largest absolute Gasteiger partial charge is 0.462 e. The Morgan fingerprint density at radius 2 is 2.33 bits per heavy atom. The van der Waals surface area contributed by atoms with Crippen molar-refractivity contribution >= 4 is 42.1 Å². The Bertz CT molecular complexity index is 574. The first-order valence-electron chi connectivity index (χ1n) is 6.27. The summed E-state index contributed by atoms with van der Waals surface area (Å²) in [6, 6.07) is 3.65. The Labute approximate surface area is 139 Å². The summed E-state index contributed by atoms with van der Waals surface area (Å²) in [5.41, 5.74) is 5.64. The van der Waals surface area contributed by atoms with Crippen molar-refractivity contribution in [1.82, 2.24) is 9.88 Å². The van der Waals surface area contributed by atoms with Crippen molar-refractivity contribution in [3.05, 3.63) is 29.5 Å². The molecule has 1 aliphatic heterocycles. The standard InChI is InChI=1S/C13H15N3O2S.2ClH/c14-6-9-3-4-16(8-9)13(17)11-7-15-12(19-11)10-2-1-5-18-10;;/h1-2,5,7,9H,3-4,6,8,14H2;2*1H. The third-order valence-corrected chi connectivity index (χ3v) is 4.35. The van der Waals surface area contributed by atoms with Gasteiger partial charge in [-0.15, -0.1) is 36.2 Å². The Morgan fingerprint density at radius 1 is 1.52 bits per heavy atom. The summed E-state index contributed by atoms with van der Waals surface area (Å²) < 4.78 is 5.28. The van der Waals surface area contributed by atoms with E-state index in [4.69, 9.17) is 10.2 Å². The van der Waals surface area contributed by atoms with Gasteiger partial charge in [-0.05, 0) is 31.0 Å². The van der Waals surface area contributed by atoms with Crippen molar-refractivity contribution in [2.45, 2.75) is 6.42 Å². The lowest BCUT2D eigenvalue weighted by Crippen LogP contribution is -2.29. The lowest BCUT2D eigenvalue weighted by atomic mass is 10.1. The van der Waals surface area contributed by atoms with Crippen LogP contribution in [0.25, 0.3) is 10.8 Å². The number of furan rings is 1. The van der Waals surface area contributed by atoms with Crippen LogP contribution in [0, 0.1) is 5.92 Å². The second-order valence-corrected chi connectivity index (χ2v) is 5.68. The summed E-state index contributed by atoms with van der Waals surface area (Å²) >= 11 is 1.37. The van der Waals surface area contributed by atoms with Gasteiger partial charge in [0.15, 0.2) is 10.8 Å². The van der Waals surface area contributed by atoms with Crippen LogP contribution in [-0.2, 0) is 0 Å². The smallest absolute Gasteiger partial charge is 0.265 e. The van der Waals surface area contributed by atoms with E-state index in [-0.39, 0.29) is 30.7 Å². The average molecular weight is 350 g/mol. The third-order valence-electron chi connectivity index (χ3n) is 3.35. The van der Waals surface area contributed by atoms with Gasteiger partial charge in [-0.25, -0.2) is 4.98 Å². The van der Waals surface area contributed by atoms with E-state index in [9.17, 15) is 4.79 Å². The highest BCUT2D eigenvalue weighted by molar-refractivity contribution is 7.16. The van der Waals surface area contributed by atoms with Crippen molar-refractivity contribution in [3.63, 3.8) is 0 Å². The Hall–Kier alpha value is -1.08. The topological polar surface area (TPSA) is 72.4 Å². The molecule has 21 heavy (non-hydrogen) atoms. The fourth-order valence-electron chi connectivity index (χ4n) is 2.25. The number of nitrogens with zero attached hydrogens (tertiary/aromatic N) is 2. The number of hydrogen-bond donors (Lipinski definition) is 1. The van der Waals surface area contributed by atoms with E-state index in [2.05, 4.69) is 4.98 Å². The van der Waals surface area contributed by atoms with Gasteiger partial charge in [0.25, 0.3) is 5.91 Å². The summed E-state index contributed by atoms with van der Waals surface area (Å²) in [6.07, 6.45) is 4.22. The average Bonchev–Trinajstić information content (AvgIpc) is 3.16. The van der Waals surface area contributed by atoms with E-state index in [1.54, 1.807) is 12.5 Å². The molecule has 1 atom stereocenters. The molecule has 0 aromatic carbocycles. The van der Waals surface area contributed by atoms with E-state index in [1.165, 1.54) is 11.3 Å². The van der Waals surface area contributed by atoms with Crippen LogP contribution in [-0.4, -0.2) is 35.4 Å². The lowest BCUT2D eigenvalue weighted by molar-refractivity contribution is 0.0792. The summed E-state index contributed by atoms with van der Waals surface area (Å²) in [5.74, 6) is 1.18. The molecule has 0 spiro atoms. The van der Waals surface area contributed by atoms with Crippen LogP contribution in [0.3, 0.4) is 0 Å². The van der Waals surface area contributed by atoms with Crippen molar-refractivity contribution in [2.75, 3.05) is 19.6 Å². The normalized spacial score (nSPS) is 17.2. The van der Waals surface area contributed by atoms with Crippen LogP contribution in [0.2, 0.25) is 0 Å². The first-order valence-corrected chi connectivity index (χ1v) is 7.08. The molecule has 1 amide bonds. The van der Waals surface area contributed by atoms with Gasteiger partial charge in [-0.1, -0.05) is 0 Å². The van der Waals surface area contributed by atoms with Gasteiger partial charge in [-0.2, -0.15) is 0 Å². The van der Waals surface area contributed by atoms with Crippen LogP contribution in [0.5, 0.6) is 0 Å². The Balaban J connectivity index is 0.00000110. The highest BCUT2D eigenvalue weighted by atomic mass is 35.5. The number of hydrogen-bond acceptors (Lipinski definition) is 5. The maximum absolute atomic E-state index is 12.3. The molecule has 0 bridgehead atoms. The third kappa shape index (κ3) is 3.77. The van der Waals surface area contributed by atoms with Gasteiger partial charge in [0, 0.05) is 13.1 Å². The molecule has 1 unspecified atom stereocenters. The van der Waals surface area contributed by atoms with E-state index in [1.807, 2.05) is 17.0 Å². The molecule has 1 saturated heterocycles. The number of halogens is 2. The predicted octanol–water partition coefficient (Wildman–Crippen LogP) is 2.67. The number of thiazole rings is 1. The maximum atomic E-state index is 12.3.